The molecule has 94 valence electrons. The molecule has 0 aromatic carbocycles. The molecule has 2 atom stereocenters. The van der Waals surface area contributed by atoms with Crippen molar-refractivity contribution in [2.75, 3.05) is 0 Å². The van der Waals surface area contributed by atoms with E-state index in [0.29, 0.717) is 6.42 Å². The molecule has 0 aliphatic heterocycles. The lowest BCUT2D eigenvalue weighted by atomic mass is 10.2. The van der Waals surface area contributed by atoms with Crippen LogP contribution in [0.2, 0.25) is 0 Å². The number of hydrogen-bond donors (Lipinski definition) is 1. The fourth-order valence-corrected chi connectivity index (χ4v) is 1.66. The van der Waals surface area contributed by atoms with Crippen molar-refractivity contribution in [2.45, 2.75) is 31.7 Å². The Labute approximate surface area is 103 Å². The first-order chi connectivity index (χ1) is 7.90. The molecule has 0 aliphatic carbocycles. The summed E-state index contributed by atoms with van der Waals surface area (Å²) in [5.74, 6) is -1.01. The third-order valence-corrected chi connectivity index (χ3v) is 2.23. The number of nitrogens with one attached hydrogen (secondary N) is 1. The predicted octanol–water partition coefficient (Wildman–Crippen LogP) is 2.32. The Bertz CT molecular complexity index is 416. The van der Waals surface area contributed by atoms with Crippen LogP contribution in [0.25, 0.3) is 0 Å². The number of hydrogen-bond acceptors (Lipinski definition) is 4. The van der Waals surface area contributed by atoms with Gasteiger partial charge in [-0.2, -0.15) is 0 Å². The van der Waals surface area contributed by atoms with Gasteiger partial charge in [0.1, 0.15) is 4.92 Å². The molecule has 1 rings (SSSR count). The van der Waals surface area contributed by atoms with Crippen LogP contribution in [0, 0.1) is 10.1 Å². The molecule has 17 heavy (non-hydrogen) atoms. The van der Waals surface area contributed by atoms with E-state index in [1.165, 1.54) is 6.07 Å². The Kier molecular flexibility index (Phi) is 4.51. The molecule has 0 saturated heterocycles. The summed E-state index contributed by atoms with van der Waals surface area (Å²) in [4.78, 5) is 21.3. The molecule has 1 amide bonds. The van der Waals surface area contributed by atoms with Gasteiger partial charge < -0.3 is 9.73 Å². The van der Waals surface area contributed by atoms with Crippen LogP contribution >= 0.6 is 11.6 Å². The van der Waals surface area contributed by atoms with Crippen LogP contribution in [0.15, 0.2) is 16.5 Å². The lowest BCUT2D eigenvalue weighted by Crippen LogP contribution is -2.33. The third kappa shape index (κ3) is 4.07. The first kappa shape index (κ1) is 13.5. The molecule has 2 unspecified atom stereocenters. The topological polar surface area (TPSA) is 85.4 Å². The van der Waals surface area contributed by atoms with E-state index in [1.807, 2.05) is 6.92 Å². The number of carbonyl (C=O) groups excluding carboxylic acids is 1. The van der Waals surface area contributed by atoms with Gasteiger partial charge in [0.25, 0.3) is 5.91 Å². The molecule has 6 nitrogen and oxygen atoms in total. The van der Waals surface area contributed by atoms with Crippen LogP contribution in [0.4, 0.5) is 5.88 Å². The van der Waals surface area contributed by atoms with E-state index in [0.717, 1.165) is 6.07 Å². The van der Waals surface area contributed by atoms with Gasteiger partial charge in [0.15, 0.2) is 5.76 Å². The SMILES string of the molecule is CC(Cl)CC(C)NC(=O)c1ccc([N+](=O)[O-])o1. The van der Waals surface area contributed by atoms with E-state index in [9.17, 15) is 14.9 Å². The van der Waals surface area contributed by atoms with Crippen molar-refractivity contribution in [3.8, 4) is 0 Å². The Hall–Kier alpha value is -1.56. The van der Waals surface area contributed by atoms with Gasteiger partial charge in [-0.3, -0.25) is 14.9 Å². The second-order valence-corrected chi connectivity index (χ2v) is 4.53. The highest BCUT2D eigenvalue weighted by molar-refractivity contribution is 6.20. The molecule has 1 aromatic rings. The van der Waals surface area contributed by atoms with Gasteiger partial charge in [0, 0.05) is 11.4 Å². The van der Waals surface area contributed by atoms with E-state index < -0.39 is 16.7 Å². The molecule has 1 N–H and O–H groups in total. The van der Waals surface area contributed by atoms with Crippen molar-refractivity contribution in [1.29, 1.82) is 0 Å². The number of rotatable bonds is 5. The number of carbonyl (C=O) groups is 1. The number of alkyl halides is 1. The second kappa shape index (κ2) is 5.67. The quantitative estimate of drug-likeness (QED) is 0.500. The fourth-order valence-electron chi connectivity index (χ4n) is 1.39. The van der Waals surface area contributed by atoms with Crippen molar-refractivity contribution in [1.82, 2.24) is 5.32 Å². The lowest BCUT2D eigenvalue weighted by molar-refractivity contribution is -0.402. The Balaban J connectivity index is 2.60. The zero-order chi connectivity index (χ0) is 13.0. The van der Waals surface area contributed by atoms with Crippen molar-refractivity contribution in [3.63, 3.8) is 0 Å². The van der Waals surface area contributed by atoms with Crippen molar-refractivity contribution in [2.24, 2.45) is 0 Å². The van der Waals surface area contributed by atoms with Gasteiger partial charge in [0.05, 0.1) is 6.07 Å². The van der Waals surface area contributed by atoms with Crippen LogP contribution in [-0.4, -0.2) is 22.2 Å². The van der Waals surface area contributed by atoms with Gasteiger partial charge in [-0.1, -0.05) is 0 Å². The summed E-state index contributed by atoms with van der Waals surface area (Å²) in [6, 6.07) is 2.28. The van der Waals surface area contributed by atoms with E-state index >= 15 is 0 Å². The first-order valence-corrected chi connectivity index (χ1v) is 5.53. The maximum absolute atomic E-state index is 11.6. The van der Waals surface area contributed by atoms with E-state index in [-0.39, 0.29) is 17.2 Å². The maximum atomic E-state index is 11.6. The third-order valence-electron chi connectivity index (χ3n) is 2.05. The fraction of sp³-hybridized carbons (Fsp3) is 0.500. The van der Waals surface area contributed by atoms with Gasteiger partial charge >= 0.3 is 5.88 Å². The highest BCUT2D eigenvalue weighted by Crippen LogP contribution is 2.15. The highest BCUT2D eigenvalue weighted by atomic mass is 35.5. The molecule has 0 bridgehead atoms. The number of halogens is 1. The summed E-state index contributed by atoms with van der Waals surface area (Å²) < 4.78 is 4.77. The summed E-state index contributed by atoms with van der Waals surface area (Å²) >= 11 is 5.78. The van der Waals surface area contributed by atoms with Crippen LogP contribution in [-0.2, 0) is 0 Å². The zero-order valence-electron chi connectivity index (χ0n) is 9.47. The summed E-state index contributed by atoms with van der Waals surface area (Å²) in [6.45, 7) is 3.62. The summed E-state index contributed by atoms with van der Waals surface area (Å²) in [7, 11) is 0. The van der Waals surface area contributed by atoms with E-state index in [2.05, 4.69) is 5.32 Å². The largest absolute Gasteiger partial charge is 0.433 e. The van der Waals surface area contributed by atoms with Crippen LogP contribution in [0.5, 0.6) is 0 Å². The number of nitrogens with zero attached hydrogens (tertiary/aromatic N) is 1. The molecule has 1 heterocycles. The van der Waals surface area contributed by atoms with Crippen LogP contribution in [0.3, 0.4) is 0 Å². The summed E-state index contributed by atoms with van der Waals surface area (Å²) in [6.07, 6.45) is 0.607. The van der Waals surface area contributed by atoms with Crippen molar-refractivity contribution in [3.05, 3.63) is 28.0 Å². The zero-order valence-corrected chi connectivity index (χ0v) is 10.2. The van der Waals surface area contributed by atoms with E-state index in [4.69, 9.17) is 16.0 Å². The van der Waals surface area contributed by atoms with Gasteiger partial charge in [-0.05, 0) is 26.3 Å². The number of furan rings is 1. The standard InChI is InChI=1S/C10H13ClN2O4/c1-6(11)5-7(2)12-10(14)8-3-4-9(17-8)13(15)16/h3-4,6-7H,5H2,1-2H3,(H,12,14). The predicted molar refractivity (Wildman–Crippen MR) is 62.2 cm³/mol. The Morgan fingerprint density at radius 3 is 2.71 bits per heavy atom. The van der Waals surface area contributed by atoms with Crippen LogP contribution in [0.1, 0.15) is 30.8 Å². The Morgan fingerprint density at radius 1 is 1.59 bits per heavy atom. The molecular weight excluding hydrogens is 248 g/mol. The molecule has 0 fully saturated rings. The highest BCUT2D eigenvalue weighted by Gasteiger charge is 2.18. The minimum absolute atomic E-state index is 0.0590. The van der Waals surface area contributed by atoms with Gasteiger partial charge in [0.2, 0.25) is 0 Å². The second-order valence-electron chi connectivity index (χ2n) is 3.79. The number of amides is 1. The molecule has 0 aliphatic rings. The minimum Gasteiger partial charge on any atom is -0.395 e. The smallest absolute Gasteiger partial charge is 0.395 e. The van der Waals surface area contributed by atoms with E-state index in [1.54, 1.807) is 6.92 Å². The average Bonchev–Trinajstić information content (AvgIpc) is 2.64. The molecule has 7 heteroatoms. The van der Waals surface area contributed by atoms with Crippen molar-refractivity contribution >= 4 is 23.4 Å². The maximum Gasteiger partial charge on any atom is 0.433 e. The summed E-state index contributed by atoms with van der Waals surface area (Å²) in [5, 5.41) is 12.9. The summed E-state index contributed by atoms with van der Waals surface area (Å²) in [5.41, 5.74) is 0. The van der Waals surface area contributed by atoms with Gasteiger partial charge in [-0.25, -0.2) is 0 Å². The minimum atomic E-state index is -0.693. The molecular formula is C10H13ClN2O4. The Morgan fingerprint density at radius 2 is 2.24 bits per heavy atom. The van der Waals surface area contributed by atoms with Crippen LogP contribution < -0.4 is 5.32 Å². The molecule has 0 spiro atoms. The first-order valence-electron chi connectivity index (χ1n) is 5.09. The lowest BCUT2D eigenvalue weighted by Gasteiger charge is -2.13. The average molecular weight is 261 g/mol. The molecule has 1 aromatic heterocycles. The van der Waals surface area contributed by atoms with Gasteiger partial charge in [-0.15, -0.1) is 11.6 Å². The molecule has 0 saturated carbocycles. The number of nitro groups is 1. The normalized spacial score (nSPS) is 14.1. The van der Waals surface area contributed by atoms with Crippen molar-refractivity contribution < 1.29 is 14.1 Å². The molecule has 0 radical (unpaired) electrons. The monoisotopic (exact) mass is 260 g/mol.